The minimum absolute atomic E-state index is 0. The van der Waals surface area contributed by atoms with Gasteiger partial charge in [0, 0.05) is 47.8 Å². The molecule has 1 fully saturated rings. The van der Waals surface area contributed by atoms with Crippen molar-refractivity contribution in [1.29, 1.82) is 0 Å². The lowest BCUT2D eigenvalue weighted by Crippen LogP contribution is -2.51. The van der Waals surface area contributed by atoms with Crippen molar-refractivity contribution in [2.24, 2.45) is 10.7 Å². The first-order chi connectivity index (χ1) is 12.6. The SMILES string of the molecule is I.NC(=NCCOCc1ccc(Cl)cc1Cl)N1CCN(c2nccs2)CC1. The van der Waals surface area contributed by atoms with Crippen LogP contribution in [-0.4, -0.2) is 55.2 Å². The Bertz CT molecular complexity index is 739. The van der Waals surface area contributed by atoms with Gasteiger partial charge in [-0.1, -0.05) is 29.3 Å². The lowest BCUT2D eigenvalue weighted by Gasteiger charge is -2.35. The van der Waals surface area contributed by atoms with Gasteiger partial charge in [-0.3, -0.25) is 4.99 Å². The normalized spacial score (nSPS) is 15.0. The molecule has 1 aliphatic heterocycles. The molecule has 0 radical (unpaired) electrons. The molecule has 0 atom stereocenters. The summed E-state index contributed by atoms with van der Waals surface area (Å²) in [7, 11) is 0. The summed E-state index contributed by atoms with van der Waals surface area (Å²) >= 11 is 13.7. The number of thiazole rings is 1. The molecule has 6 nitrogen and oxygen atoms in total. The highest BCUT2D eigenvalue weighted by Gasteiger charge is 2.19. The van der Waals surface area contributed by atoms with E-state index in [1.165, 1.54) is 0 Å². The van der Waals surface area contributed by atoms with E-state index in [2.05, 4.69) is 19.8 Å². The number of nitrogens with zero attached hydrogens (tertiary/aromatic N) is 4. The van der Waals surface area contributed by atoms with Gasteiger partial charge < -0.3 is 20.3 Å². The Morgan fingerprint density at radius 2 is 2.04 bits per heavy atom. The topological polar surface area (TPSA) is 67.0 Å². The standard InChI is InChI=1S/C17H21Cl2N5OS.HI/c18-14-2-1-13(15(19)11-14)12-25-9-3-21-16(20)23-5-7-24(8-6-23)17-22-4-10-26-17;/h1-2,4,10-11H,3,5-9,12H2,(H2,20,21);1H. The van der Waals surface area contributed by atoms with Gasteiger partial charge in [-0.15, -0.1) is 35.3 Å². The second-order valence-corrected chi connectivity index (χ2v) is 7.53. The maximum atomic E-state index is 6.12. The van der Waals surface area contributed by atoms with Crippen molar-refractivity contribution in [3.05, 3.63) is 45.4 Å². The molecule has 0 saturated carbocycles. The number of piperazine rings is 1. The summed E-state index contributed by atoms with van der Waals surface area (Å²) in [5.41, 5.74) is 7.01. The number of hydrogen-bond acceptors (Lipinski definition) is 5. The first-order valence-electron chi connectivity index (χ1n) is 8.34. The van der Waals surface area contributed by atoms with Crippen LogP contribution in [0.4, 0.5) is 5.13 Å². The van der Waals surface area contributed by atoms with Crippen molar-refractivity contribution < 1.29 is 4.74 Å². The Balaban J connectivity index is 0.00000261. The van der Waals surface area contributed by atoms with E-state index in [-0.39, 0.29) is 24.0 Å². The Hall–Kier alpha value is -0.810. The quantitative estimate of drug-likeness (QED) is 0.261. The number of aromatic nitrogens is 1. The molecule has 0 spiro atoms. The monoisotopic (exact) mass is 541 g/mol. The molecule has 1 aromatic carbocycles. The van der Waals surface area contributed by atoms with Gasteiger partial charge in [-0.25, -0.2) is 4.98 Å². The number of halogens is 3. The maximum absolute atomic E-state index is 6.12. The summed E-state index contributed by atoms with van der Waals surface area (Å²) in [5.74, 6) is 0.567. The number of guanidine groups is 1. The van der Waals surface area contributed by atoms with Crippen LogP contribution < -0.4 is 10.6 Å². The summed E-state index contributed by atoms with van der Waals surface area (Å²) in [5, 5.41) is 4.29. The first-order valence-corrected chi connectivity index (χ1v) is 9.98. The van der Waals surface area contributed by atoms with Crippen LogP contribution in [-0.2, 0) is 11.3 Å². The average Bonchev–Trinajstić information content (AvgIpc) is 3.18. The van der Waals surface area contributed by atoms with Crippen molar-refractivity contribution in [3.63, 3.8) is 0 Å². The second-order valence-electron chi connectivity index (χ2n) is 5.82. The van der Waals surface area contributed by atoms with E-state index in [4.69, 9.17) is 33.7 Å². The van der Waals surface area contributed by atoms with Gasteiger partial charge in [0.1, 0.15) is 0 Å². The number of hydrogen-bond donors (Lipinski definition) is 1. The van der Waals surface area contributed by atoms with Gasteiger partial charge in [0.25, 0.3) is 0 Å². The van der Waals surface area contributed by atoms with Crippen LogP contribution in [0, 0.1) is 0 Å². The number of aliphatic imine (C=N–C) groups is 1. The highest BCUT2D eigenvalue weighted by atomic mass is 127. The number of ether oxygens (including phenoxy) is 1. The van der Waals surface area contributed by atoms with Crippen molar-refractivity contribution in [3.8, 4) is 0 Å². The van der Waals surface area contributed by atoms with Crippen LogP contribution in [0.3, 0.4) is 0 Å². The molecule has 10 heteroatoms. The summed E-state index contributed by atoms with van der Waals surface area (Å²) in [6.07, 6.45) is 1.83. The maximum Gasteiger partial charge on any atom is 0.191 e. The molecule has 2 aromatic rings. The second kappa shape index (κ2) is 11.3. The fraction of sp³-hybridized carbons (Fsp3) is 0.412. The smallest absolute Gasteiger partial charge is 0.191 e. The average molecular weight is 542 g/mol. The van der Waals surface area contributed by atoms with Crippen LogP contribution in [0.1, 0.15) is 5.56 Å². The van der Waals surface area contributed by atoms with Gasteiger partial charge in [0.2, 0.25) is 0 Å². The zero-order valence-electron chi connectivity index (χ0n) is 14.7. The molecule has 1 aliphatic rings. The lowest BCUT2D eigenvalue weighted by molar-refractivity contribution is 0.128. The van der Waals surface area contributed by atoms with E-state index in [0.717, 1.165) is 36.9 Å². The van der Waals surface area contributed by atoms with Gasteiger partial charge in [0.05, 0.1) is 19.8 Å². The minimum Gasteiger partial charge on any atom is -0.375 e. The zero-order chi connectivity index (χ0) is 18.4. The van der Waals surface area contributed by atoms with E-state index in [0.29, 0.717) is 35.8 Å². The summed E-state index contributed by atoms with van der Waals surface area (Å²) < 4.78 is 5.62. The summed E-state index contributed by atoms with van der Waals surface area (Å²) in [6.45, 7) is 4.91. The van der Waals surface area contributed by atoms with Crippen LogP contribution in [0.5, 0.6) is 0 Å². The fourth-order valence-electron chi connectivity index (χ4n) is 2.64. The summed E-state index contributed by atoms with van der Waals surface area (Å²) in [4.78, 5) is 13.1. The van der Waals surface area contributed by atoms with Crippen LogP contribution >= 0.6 is 58.5 Å². The molecular weight excluding hydrogens is 520 g/mol. The van der Waals surface area contributed by atoms with E-state index >= 15 is 0 Å². The van der Waals surface area contributed by atoms with E-state index < -0.39 is 0 Å². The van der Waals surface area contributed by atoms with Crippen molar-refractivity contribution in [2.45, 2.75) is 6.61 Å². The number of nitrogens with two attached hydrogens (primary N) is 1. The molecule has 1 saturated heterocycles. The van der Waals surface area contributed by atoms with Crippen LogP contribution in [0.15, 0.2) is 34.8 Å². The Kier molecular flexibility index (Phi) is 9.37. The fourth-order valence-corrected chi connectivity index (χ4v) is 3.80. The molecule has 2 heterocycles. The third-order valence-electron chi connectivity index (χ3n) is 4.08. The van der Waals surface area contributed by atoms with Crippen molar-refractivity contribution in [2.75, 3.05) is 44.2 Å². The third-order valence-corrected chi connectivity index (χ3v) is 5.49. The first kappa shape index (κ1) is 22.5. The van der Waals surface area contributed by atoms with Crippen molar-refractivity contribution >= 4 is 69.6 Å². The highest BCUT2D eigenvalue weighted by Crippen LogP contribution is 2.21. The molecule has 27 heavy (non-hydrogen) atoms. The molecule has 0 bridgehead atoms. The molecule has 0 unspecified atom stereocenters. The minimum atomic E-state index is 0. The largest absolute Gasteiger partial charge is 0.375 e. The highest BCUT2D eigenvalue weighted by molar-refractivity contribution is 14.0. The Morgan fingerprint density at radius 1 is 1.26 bits per heavy atom. The molecule has 3 rings (SSSR count). The molecule has 0 amide bonds. The van der Waals surface area contributed by atoms with Gasteiger partial charge in [-0.05, 0) is 17.7 Å². The Labute approximate surface area is 190 Å². The molecule has 0 aliphatic carbocycles. The molecule has 2 N–H and O–H groups in total. The molecular formula is C17H22Cl2IN5OS. The van der Waals surface area contributed by atoms with E-state index in [9.17, 15) is 0 Å². The number of rotatable bonds is 6. The van der Waals surface area contributed by atoms with Gasteiger partial charge >= 0.3 is 0 Å². The van der Waals surface area contributed by atoms with Gasteiger partial charge in [0.15, 0.2) is 11.1 Å². The zero-order valence-corrected chi connectivity index (χ0v) is 19.3. The van der Waals surface area contributed by atoms with Crippen molar-refractivity contribution in [1.82, 2.24) is 9.88 Å². The lowest BCUT2D eigenvalue weighted by atomic mass is 10.2. The predicted molar refractivity (Wildman–Crippen MR) is 124 cm³/mol. The predicted octanol–water partition coefficient (Wildman–Crippen LogP) is 3.72. The summed E-state index contributed by atoms with van der Waals surface area (Å²) in [6, 6.07) is 5.38. The molecule has 148 valence electrons. The van der Waals surface area contributed by atoms with Gasteiger partial charge in [-0.2, -0.15) is 0 Å². The number of anilines is 1. The van der Waals surface area contributed by atoms with Crippen LogP contribution in [0.2, 0.25) is 10.0 Å². The number of benzene rings is 1. The van der Waals surface area contributed by atoms with E-state index in [1.54, 1.807) is 23.5 Å². The van der Waals surface area contributed by atoms with Crippen LogP contribution in [0.25, 0.3) is 0 Å². The Morgan fingerprint density at radius 3 is 2.70 bits per heavy atom. The molecule has 1 aromatic heterocycles. The third kappa shape index (κ3) is 6.63. The van der Waals surface area contributed by atoms with E-state index in [1.807, 2.05) is 17.6 Å².